The number of carbonyl (C=O) groups excluding carboxylic acids is 1. The van der Waals surface area contributed by atoms with Crippen molar-refractivity contribution in [2.24, 2.45) is 5.41 Å². The zero-order valence-electron chi connectivity index (χ0n) is 10.8. The van der Waals surface area contributed by atoms with Crippen molar-refractivity contribution in [2.75, 3.05) is 13.7 Å². The zero-order chi connectivity index (χ0) is 12.0. The third-order valence-corrected chi connectivity index (χ3v) is 3.94. The summed E-state index contributed by atoms with van der Waals surface area (Å²) < 4.78 is 4.67. The van der Waals surface area contributed by atoms with Gasteiger partial charge in [0.15, 0.2) is 0 Å². The summed E-state index contributed by atoms with van der Waals surface area (Å²) in [6.45, 7) is 5.37. The summed E-state index contributed by atoms with van der Waals surface area (Å²) in [5.74, 6) is -0.128. The Bertz CT molecular complexity index is 222. The van der Waals surface area contributed by atoms with Gasteiger partial charge < -0.3 is 10.1 Å². The summed E-state index contributed by atoms with van der Waals surface area (Å²) in [7, 11) is 1.44. The number of carbonyl (C=O) groups is 1. The molecule has 1 aliphatic carbocycles. The van der Waals surface area contributed by atoms with E-state index < -0.39 is 0 Å². The van der Waals surface area contributed by atoms with E-state index in [4.69, 9.17) is 0 Å². The molecule has 0 spiro atoms. The molecule has 1 fully saturated rings. The van der Waals surface area contributed by atoms with E-state index in [-0.39, 0.29) is 12.0 Å². The molecule has 94 valence electrons. The standard InChI is InChI=1S/C13H25NO2/c1-4-13(7-5-6-8-13)10-14-11(2)9-12(15)16-3/h11,14H,4-10H2,1-3H3. The summed E-state index contributed by atoms with van der Waals surface area (Å²) in [5, 5.41) is 3.48. The van der Waals surface area contributed by atoms with Gasteiger partial charge in [0.1, 0.15) is 0 Å². The largest absolute Gasteiger partial charge is 0.469 e. The molecule has 0 aromatic carbocycles. The topological polar surface area (TPSA) is 38.3 Å². The second-order valence-electron chi connectivity index (χ2n) is 5.12. The van der Waals surface area contributed by atoms with Gasteiger partial charge in [0, 0.05) is 12.6 Å². The minimum Gasteiger partial charge on any atom is -0.469 e. The first-order chi connectivity index (χ1) is 7.62. The van der Waals surface area contributed by atoms with E-state index in [2.05, 4.69) is 23.9 Å². The van der Waals surface area contributed by atoms with Crippen molar-refractivity contribution < 1.29 is 9.53 Å². The van der Waals surface area contributed by atoms with Crippen molar-refractivity contribution in [3.05, 3.63) is 0 Å². The van der Waals surface area contributed by atoms with Crippen LogP contribution in [0.15, 0.2) is 0 Å². The van der Waals surface area contributed by atoms with E-state index >= 15 is 0 Å². The average Bonchev–Trinajstić information content (AvgIpc) is 2.75. The molecule has 0 aliphatic heterocycles. The molecule has 1 N–H and O–H groups in total. The lowest BCUT2D eigenvalue weighted by Crippen LogP contribution is -2.38. The molecule has 3 heteroatoms. The molecule has 1 aliphatic rings. The molecule has 0 aromatic heterocycles. The monoisotopic (exact) mass is 227 g/mol. The average molecular weight is 227 g/mol. The molecule has 16 heavy (non-hydrogen) atoms. The molecule has 0 bridgehead atoms. The lowest BCUT2D eigenvalue weighted by atomic mass is 9.83. The molecule has 0 radical (unpaired) electrons. The predicted molar refractivity (Wildman–Crippen MR) is 65.3 cm³/mol. The molecule has 0 heterocycles. The van der Waals surface area contributed by atoms with Gasteiger partial charge in [0.05, 0.1) is 13.5 Å². The maximum Gasteiger partial charge on any atom is 0.307 e. The summed E-state index contributed by atoms with van der Waals surface area (Å²) in [4.78, 5) is 11.1. The van der Waals surface area contributed by atoms with Crippen LogP contribution < -0.4 is 5.32 Å². The highest BCUT2D eigenvalue weighted by atomic mass is 16.5. The van der Waals surface area contributed by atoms with Crippen LogP contribution in [-0.2, 0) is 9.53 Å². The minimum atomic E-state index is -0.128. The van der Waals surface area contributed by atoms with Crippen LogP contribution in [0.4, 0.5) is 0 Å². The van der Waals surface area contributed by atoms with Crippen molar-refractivity contribution in [3.8, 4) is 0 Å². The van der Waals surface area contributed by atoms with Gasteiger partial charge in [-0.2, -0.15) is 0 Å². The van der Waals surface area contributed by atoms with Gasteiger partial charge in [-0.3, -0.25) is 4.79 Å². The molecule has 1 rings (SSSR count). The van der Waals surface area contributed by atoms with Gasteiger partial charge in [-0.05, 0) is 31.6 Å². The number of methoxy groups -OCH3 is 1. The maximum absolute atomic E-state index is 11.1. The second-order valence-corrected chi connectivity index (χ2v) is 5.12. The van der Waals surface area contributed by atoms with Crippen LogP contribution in [0.3, 0.4) is 0 Å². The predicted octanol–water partition coefficient (Wildman–Crippen LogP) is 2.50. The number of nitrogens with one attached hydrogen (secondary N) is 1. The minimum absolute atomic E-state index is 0.128. The second kappa shape index (κ2) is 6.24. The van der Waals surface area contributed by atoms with Crippen LogP contribution in [0.2, 0.25) is 0 Å². The number of hydrogen-bond acceptors (Lipinski definition) is 3. The van der Waals surface area contributed by atoms with Crippen molar-refractivity contribution in [2.45, 2.75) is 58.4 Å². The lowest BCUT2D eigenvalue weighted by Gasteiger charge is -2.29. The summed E-state index contributed by atoms with van der Waals surface area (Å²) in [5.41, 5.74) is 0.490. The van der Waals surface area contributed by atoms with Crippen LogP contribution in [0.5, 0.6) is 0 Å². The van der Waals surface area contributed by atoms with Crippen molar-refractivity contribution >= 4 is 5.97 Å². The number of esters is 1. The quantitative estimate of drug-likeness (QED) is 0.709. The van der Waals surface area contributed by atoms with Crippen LogP contribution >= 0.6 is 0 Å². The summed E-state index contributed by atoms with van der Waals surface area (Å²) in [6.07, 6.45) is 7.10. The van der Waals surface area contributed by atoms with Gasteiger partial charge in [-0.15, -0.1) is 0 Å². The fourth-order valence-electron chi connectivity index (χ4n) is 2.58. The Morgan fingerprint density at radius 1 is 1.44 bits per heavy atom. The van der Waals surface area contributed by atoms with Gasteiger partial charge in [-0.1, -0.05) is 19.8 Å². The van der Waals surface area contributed by atoms with Gasteiger partial charge >= 0.3 is 5.97 Å². The van der Waals surface area contributed by atoms with E-state index in [1.165, 1.54) is 39.2 Å². The Hall–Kier alpha value is -0.570. The zero-order valence-corrected chi connectivity index (χ0v) is 10.8. The van der Waals surface area contributed by atoms with E-state index in [0.29, 0.717) is 11.8 Å². The third-order valence-electron chi connectivity index (χ3n) is 3.94. The number of hydrogen-bond donors (Lipinski definition) is 1. The maximum atomic E-state index is 11.1. The van der Waals surface area contributed by atoms with Gasteiger partial charge in [0.2, 0.25) is 0 Å². The van der Waals surface area contributed by atoms with Crippen LogP contribution in [-0.4, -0.2) is 25.7 Å². The molecule has 3 nitrogen and oxygen atoms in total. The van der Waals surface area contributed by atoms with E-state index in [0.717, 1.165) is 6.54 Å². The van der Waals surface area contributed by atoms with E-state index in [1.54, 1.807) is 0 Å². The number of ether oxygens (including phenoxy) is 1. The normalized spacial score (nSPS) is 20.7. The molecule has 1 unspecified atom stereocenters. The fraction of sp³-hybridized carbons (Fsp3) is 0.923. The van der Waals surface area contributed by atoms with Crippen LogP contribution in [0.25, 0.3) is 0 Å². The Labute approximate surface area is 98.9 Å². The highest BCUT2D eigenvalue weighted by Gasteiger charge is 2.31. The molecule has 0 saturated heterocycles. The molecular weight excluding hydrogens is 202 g/mol. The van der Waals surface area contributed by atoms with Gasteiger partial charge in [-0.25, -0.2) is 0 Å². The third kappa shape index (κ3) is 3.78. The Balaban J connectivity index is 2.29. The van der Waals surface area contributed by atoms with Crippen LogP contribution in [0.1, 0.15) is 52.4 Å². The SMILES string of the molecule is CCC1(CNC(C)CC(=O)OC)CCCC1. The highest BCUT2D eigenvalue weighted by molar-refractivity contribution is 5.69. The first-order valence-electron chi connectivity index (χ1n) is 6.42. The lowest BCUT2D eigenvalue weighted by molar-refractivity contribution is -0.141. The summed E-state index contributed by atoms with van der Waals surface area (Å²) >= 11 is 0. The highest BCUT2D eigenvalue weighted by Crippen LogP contribution is 2.40. The molecule has 1 saturated carbocycles. The molecule has 1 atom stereocenters. The fourth-order valence-corrected chi connectivity index (χ4v) is 2.58. The number of rotatable bonds is 6. The Kier molecular flexibility index (Phi) is 5.26. The van der Waals surface area contributed by atoms with Crippen LogP contribution in [0, 0.1) is 5.41 Å². The van der Waals surface area contributed by atoms with Gasteiger partial charge in [0.25, 0.3) is 0 Å². The summed E-state index contributed by atoms with van der Waals surface area (Å²) in [6, 6.07) is 0.219. The molecule has 0 amide bonds. The Morgan fingerprint density at radius 3 is 2.56 bits per heavy atom. The smallest absolute Gasteiger partial charge is 0.307 e. The van der Waals surface area contributed by atoms with E-state index in [9.17, 15) is 4.79 Å². The van der Waals surface area contributed by atoms with Crippen molar-refractivity contribution in [1.82, 2.24) is 5.32 Å². The molecule has 0 aromatic rings. The Morgan fingerprint density at radius 2 is 2.06 bits per heavy atom. The first kappa shape index (κ1) is 13.5. The van der Waals surface area contributed by atoms with Crippen molar-refractivity contribution in [1.29, 1.82) is 0 Å². The first-order valence-corrected chi connectivity index (χ1v) is 6.42. The van der Waals surface area contributed by atoms with Crippen molar-refractivity contribution in [3.63, 3.8) is 0 Å². The molecular formula is C13H25NO2. The van der Waals surface area contributed by atoms with E-state index in [1.807, 2.05) is 0 Å².